The van der Waals surface area contributed by atoms with Crippen LogP contribution in [-0.4, -0.2) is 64.2 Å². The zero-order valence-corrected chi connectivity index (χ0v) is 17.9. The number of aryl methyl sites for hydroxylation is 2. The summed E-state index contributed by atoms with van der Waals surface area (Å²) in [6.45, 7) is 8.53. The lowest BCUT2D eigenvalue weighted by Crippen LogP contribution is -2.41. The average Bonchev–Trinajstić information content (AvgIpc) is 2.99. The van der Waals surface area contributed by atoms with Gasteiger partial charge in [0, 0.05) is 19.6 Å². The summed E-state index contributed by atoms with van der Waals surface area (Å²) in [7, 11) is 0. The molecule has 1 saturated heterocycles. The summed E-state index contributed by atoms with van der Waals surface area (Å²) >= 11 is 0. The molecule has 2 amide bonds. The Kier molecular flexibility index (Phi) is 6.77. The maximum Gasteiger partial charge on any atom is 0.277 e. The molecule has 1 aliphatic heterocycles. The summed E-state index contributed by atoms with van der Waals surface area (Å²) in [6.07, 6.45) is -0.820. The van der Waals surface area contributed by atoms with Crippen LogP contribution in [-0.2, 0) is 11.4 Å². The van der Waals surface area contributed by atoms with Gasteiger partial charge in [-0.1, -0.05) is 36.7 Å². The summed E-state index contributed by atoms with van der Waals surface area (Å²) in [6, 6.07) is 7.59. The first kappa shape index (κ1) is 21.8. The molecule has 2 heterocycles. The number of ether oxygens (including phenoxy) is 1. The molecule has 8 nitrogen and oxygen atoms in total. The van der Waals surface area contributed by atoms with E-state index in [2.05, 4.69) is 5.16 Å². The first-order chi connectivity index (χ1) is 14.2. The van der Waals surface area contributed by atoms with Crippen molar-refractivity contribution in [3.05, 3.63) is 46.8 Å². The fraction of sp³-hybridized carbons (Fsp3) is 0.500. The molecule has 1 aromatic carbocycles. The molecule has 0 radical (unpaired) electrons. The molecule has 1 aliphatic rings. The number of rotatable bonds is 6. The number of β-amino-alcohol motifs (C(OH)–C–C–N with tert-alkyl or cyclic N) is 1. The maximum atomic E-state index is 13.1. The molecule has 0 saturated carbocycles. The number of aromatic nitrogens is 1. The number of nitrogens with zero attached hydrogens (tertiary/aromatic N) is 3. The van der Waals surface area contributed by atoms with Gasteiger partial charge in [0.05, 0.1) is 11.7 Å². The molecule has 8 heteroatoms. The van der Waals surface area contributed by atoms with Crippen molar-refractivity contribution < 1.29 is 24.0 Å². The average molecular weight is 415 g/mol. The molecular weight excluding hydrogens is 386 g/mol. The fourth-order valence-electron chi connectivity index (χ4n) is 3.44. The van der Waals surface area contributed by atoms with E-state index in [0.717, 1.165) is 5.56 Å². The second kappa shape index (κ2) is 9.30. The van der Waals surface area contributed by atoms with Crippen molar-refractivity contribution in [3.63, 3.8) is 0 Å². The van der Waals surface area contributed by atoms with Crippen LogP contribution in [0.2, 0.25) is 0 Å². The lowest BCUT2D eigenvalue weighted by molar-refractivity contribution is -0.131. The van der Waals surface area contributed by atoms with Crippen LogP contribution >= 0.6 is 0 Å². The van der Waals surface area contributed by atoms with Gasteiger partial charge in [0.25, 0.3) is 5.91 Å². The van der Waals surface area contributed by atoms with E-state index in [1.807, 2.05) is 45.0 Å². The maximum absolute atomic E-state index is 13.1. The van der Waals surface area contributed by atoms with Crippen LogP contribution in [0, 0.1) is 19.8 Å². The summed E-state index contributed by atoms with van der Waals surface area (Å²) in [5, 5.41) is 14.3. The molecule has 0 bridgehead atoms. The highest BCUT2D eigenvalue weighted by atomic mass is 16.5. The molecule has 1 aromatic heterocycles. The number of carbonyl (C=O) groups is 2. The molecular formula is C22H29N3O5. The lowest BCUT2D eigenvalue weighted by atomic mass is 10.1. The Morgan fingerprint density at radius 1 is 1.27 bits per heavy atom. The van der Waals surface area contributed by atoms with Crippen molar-refractivity contribution in [1.82, 2.24) is 15.0 Å². The van der Waals surface area contributed by atoms with Crippen molar-refractivity contribution in [1.29, 1.82) is 0 Å². The third-order valence-corrected chi connectivity index (χ3v) is 5.01. The fourth-order valence-corrected chi connectivity index (χ4v) is 3.44. The number of hydrogen-bond acceptors (Lipinski definition) is 6. The van der Waals surface area contributed by atoms with E-state index in [1.165, 1.54) is 4.90 Å². The Morgan fingerprint density at radius 2 is 1.97 bits per heavy atom. The quantitative estimate of drug-likeness (QED) is 0.777. The van der Waals surface area contributed by atoms with Crippen LogP contribution in [0.4, 0.5) is 0 Å². The van der Waals surface area contributed by atoms with E-state index >= 15 is 0 Å². The number of benzene rings is 1. The molecule has 30 heavy (non-hydrogen) atoms. The van der Waals surface area contributed by atoms with Gasteiger partial charge in [-0.05, 0) is 31.9 Å². The van der Waals surface area contributed by atoms with Gasteiger partial charge < -0.3 is 24.2 Å². The van der Waals surface area contributed by atoms with E-state index in [-0.39, 0.29) is 43.8 Å². The third kappa shape index (κ3) is 5.18. The highest BCUT2D eigenvalue weighted by Crippen LogP contribution is 2.20. The molecule has 0 spiro atoms. The van der Waals surface area contributed by atoms with E-state index < -0.39 is 12.0 Å². The first-order valence-corrected chi connectivity index (χ1v) is 10.1. The van der Waals surface area contributed by atoms with Crippen LogP contribution in [0.1, 0.15) is 41.2 Å². The number of aliphatic hydroxyl groups is 1. The van der Waals surface area contributed by atoms with E-state index in [4.69, 9.17) is 9.26 Å². The summed E-state index contributed by atoms with van der Waals surface area (Å²) < 4.78 is 11.0. The Hall–Kier alpha value is -2.87. The largest absolute Gasteiger partial charge is 0.489 e. The molecule has 1 unspecified atom stereocenters. The predicted molar refractivity (Wildman–Crippen MR) is 110 cm³/mol. The van der Waals surface area contributed by atoms with Crippen molar-refractivity contribution in [2.24, 2.45) is 5.92 Å². The molecule has 1 N–H and O–H groups in total. The molecule has 3 rings (SSSR count). The number of hydrogen-bond donors (Lipinski definition) is 1. The Morgan fingerprint density at radius 3 is 2.63 bits per heavy atom. The highest BCUT2D eigenvalue weighted by molar-refractivity contribution is 5.96. The minimum Gasteiger partial charge on any atom is -0.489 e. The molecule has 162 valence electrons. The SMILES string of the molecule is Cc1ccc(OCc2c(C(=O)N3CC(=O)N(CC(C)C)CC(O)C3)noc2C)cc1. The van der Waals surface area contributed by atoms with Gasteiger partial charge in [-0.3, -0.25) is 9.59 Å². The Balaban J connectivity index is 1.74. The zero-order chi connectivity index (χ0) is 21.8. The number of amides is 2. The smallest absolute Gasteiger partial charge is 0.277 e. The molecule has 2 aromatic rings. The standard InChI is InChI=1S/C22H29N3O5/c1-14(2)9-24-10-17(26)11-25(12-20(24)27)22(28)21-19(16(4)30-23-21)13-29-18-7-5-15(3)6-8-18/h5-8,14,17,26H,9-13H2,1-4H3. The van der Waals surface area contributed by atoms with Gasteiger partial charge in [-0.15, -0.1) is 0 Å². The van der Waals surface area contributed by atoms with Gasteiger partial charge in [0.2, 0.25) is 5.91 Å². The van der Waals surface area contributed by atoms with Crippen LogP contribution in [0.15, 0.2) is 28.8 Å². The normalized spacial score (nSPS) is 17.4. The van der Waals surface area contributed by atoms with Gasteiger partial charge in [0.1, 0.15) is 24.7 Å². The van der Waals surface area contributed by atoms with E-state index in [0.29, 0.717) is 23.6 Å². The number of carbonyl (C=O) groups excluding carboxylic acids is 2. The zero-order valence-electron chi connectivity index (χ0n) is 17.9. The van der Waals surface area contributed by atoms with Crippen LogP contribution in [0.3, 0.4) is 0 Å². The summed E-state index contributed by atoms with van der Waals surface area (Å²) in [4.78, 5) is 28.7. The second-order valence-corrected chi connectivity index (χ2v) is 8.20. The first-order valence-electron chi connectivity index (χ1n) is 10.1. The minimum atomic E-state index is -0.820. The van der Waals surface area contributed by atoms with Crippen LogP contribution < -0.4 is 4.74 Å². The molecule has 1 fully saturated rings. The van der Waals surface area contributed by atoms with Crippen molar-refractivity contribution in [2.75, 3.05) is 26.2 Å². The number of aliphatic hydroxyl groups excluding tert-OH is 1. The lowest BCUT2D eigenvalue weighted by Gasteiger charge is -2.23. The summed E-state index contributed by atoms with van der Waals surface area (Å²) in [5.74, 6) is 0.782. The monoisotopic (exact) mass is 415 g/mol. The predicted octanol–water partition coefficient (Wildman–Crippen LogP) is 2.17. The molecule has 0 aliphatic carbocycles. The van der Waals surface area contributed by atoms with Gasteiger partial charge >= 0.3 is 0 Å². The highest BCUT2D eigenvalue weighted by Gasteiger charge is 2.33. The van der Waals surface area contributed by atoms with E-state index in [9.17, 15) is 14.7 Å². The Bertz CT molecular complexity index is 891. The van der Waals surface area contributed by atoms with Crippen molar-refractivity contribution in [2.45, 2.75) is 40.4 Å². The van der Waals surface area contributed by atoms with E-state index in [1.54, 1.807) is 11.8 Å². The molecule has 1 atom stereocenters. The topological polar surface area (TPSA) is 96.1 Å². The van der Waals surface area contributed by atoms with Crippen LogP contribution in [0.25, 0.3) is 0 Å². The summed E-state index contributed by atoms with van der Waals surface area (Å²) in [5.41, 5.74) is 1.76. The van der Waals surface area contributed by atoms with Gasteiger partial charge in [-0.25, -0.2) is 0 Å². The third-order valence-electron chi connectivity index (χ3n) is 5.01. The second-order valence-electron chi connectivity index (χ2n) is 8.20. The Labute approximate surface area is 176 Å². The van der Waals surface area contributed by atoms with Gasteiger partial charge in [0.15, 0.2) is 5.69 Å². The van der Waals surface area contributed by atoms with Crippen LogP contribution in [0.5, 0.6) is 5.75 Å². The van der Waals surface area contributed by atoms with Crippen molar-refractivity contribution >= 4 is 11.8 Å². The van der Waals surface area contributed by atoms with Gasteiger partial charge in [-0.2, -0.15) is 0 Å². The minimum absolute atomic E-state index is 0.0589. The van der Waals surface area contributed by atoms with Crippen molar-refractivity contribution in [3.8, 4) is 5.75 Å².